The Kier molecular flexibility index (Phi) is 32.2. The lowest BCUT2D eigenvalue weighted by molar-refractivity contribution is 0.0450. The van der Waals surface area contributed by atoms with E-state index in [9.17, 15) is 0 Å². The third kappa shape index (κ3) is 243. The first kappa shape index (κ1) is 26.3. The van der Waals surface area contributed by atoms with Crippen molar-refractivity contribution >= 4 is 0 Å². The van der Waals surface area contributed by atoms with E-state index in [0.29, 0.717) is 0 Å². The fourth-order valence-electron chi connectivity index (χ4n) is 0.0577. The first-order valence-corrected chi connectivity index (χ1v) is 5.95. The largest absolute Gasteiger partial charge is 0.394 e. The SMILES string of the molecule is CC(C)O.CC(C)O.CC(C)O.OCC(O)CO. The van der Waals surface area contributed by atoms with E-state index in [1.807, 2.05) is 0 Å². The van der Waals surface area contributed by atoms with E-state index in [4.69, 9.17) is 30.6 Å². The second-order valence-corrected chi connectivity index (χ2v) is 4.30. The molecule has 6 N–H and O–H groups in total. The standard InChI is InChI=1S/C3H8O3.3C3H8O/c4-1-3(6)2-5;3*1-3(2)4/h3-6H,1-2H2;3*3-4H,1-2H3. The number of hydrogen-bond donors (Lipinski definition) is 6. The zero-order valence-electron chi connectivity index (χ0n) is 12.4. The van der Waals surface area contributed by atoms with E-state index in [2.05, 4.69) is 0 Å². The molecule has 0 atom stereocenters. The monoisotopic (exact) mass is 272 g/mol. The van der Waals surface area contributed by atoms with Crippen molar-refractivity contribution in [2.45, 2.75) is 66.0 Å². The van der Waals surface area contributed by atoms with Crippen LogP contribution in [0.2, 0.25) is 0 Å². The zero-order valence-corrected chi connectivity index (χ0v) is 12.4. The van der Waals surface area contributed by atoms with Crippen LogP contribution in [0.15, 0.2) is 0 Å². The second kappa shape index (κ2) is 22.0. The topological polar surface area (TPSA) is 121 Å². The van der Waals surface area contributed by atoms with Crippen LogP contribution in [0.1, 0.15) is 41.5 Å². The second-order valence-electron chi connectivity index (χ2n) is 4.30. The van der Waals surface area contributed by atoms with Crippen molar-refractivity contribution in [2.75, 3.05) is 13.2 Å². The Bertz CT molecular complexity index is 90.6. The lowest BCUT2D eigenvalue weighted by Crippen LogP contribution is -2.15. The molecule has 0 radical (unpaired) electrons. The quantitative estimate of drug-likeness (QED) is 0.403. The summed E-state index contributed by atoms with van der Waals surface area (Å²) in [5.41, 5.74) is 0. The molecular formula is C12H32O6. The molecule has 0 spiro atoms. The van der Waals surface area contributed by atoms with Crippen LogP contribution in [0, 0.1) is 0 Å². The van der Waals surface area contributed by atoms with E-state index in [1.165, 1.54) is 0 Å². The minimum atomic E-state index is -0.954. The highest BCUT2D eigenvalue weighted by atomic mass is 16.3. The van der Waals surface area contributed by atoms with E-state index in [-0.39, 0.29) is 31.5 Å². The Morgan fingerprint density at radius 2 is 0.667 bits per heavy atom. The molecule has 0 aliphatic carbocycles. The average molecular weight is 272 g/mol. The number of aliphatic hydroxyl groups excluding tert-OH is 6. The number of rotatable bonds is 2. The van der Waals surface area contributed by atoms with Gasteiger partial charge in [-0.25, -0.2) is 0 Å². The Hall–Kier alpha value is -0.240. The Morgan fingerprint density at radius 3 is 0.667 bits per heavy atom. The third-order valence-corrected chi connectivity index (χ3v) is 0.421. The van der Waals surface area contributed by atoms with Crippen molar-refractivity contribution in [3.63, 3.8) is 0 Å². The summed E-state index contributed by atoms with van der Waals surface area (Å²) in [5.74, 6) is 0. The fraction of sp³-hybridized carbons (Fsp3) is 1.00. The van der Waals surface area contributed by atoms with Gasteiger partial charge in [-0.2, -0.15) is 0 Å². The van der Waals surface area contributed by atoms with Crippen molar-refractivity contribution in [1.82, 2.24) is 0 Å². The van der Waals surface area contributed by atoms with Gasteiger partial charge in [0.25, 0.3) is 0 Å². The summed E-state index contributed by atoms with van der Waals surface area (Å²) in [7, 11) is 0. The molecule has 0 saturated carbocycles. The first-order chi connectivity index (χ1) is 8.00. The normalized spacial score (nSPS) is 9.33. The van der Waals surface area contributed by atoms with Gasteiger partial charge in [-0.05, 0) is 41.5 Å². The molecule has 0 heterocycles. The van der Waals surface area contributed by atoms with Gasteiger partial charge < -0.3 is 30.6 Å². The van der Waals surface area contributed by atoms with Crippen LogP contribution in [0.4, 0.5) is 0 Å². The molecule has 0 bridgehead atoms. The summed E-state index contributed by atoms with van der Waals surface area (Å²) in [6, 6.07) is 0. The van der Waals surface area contributed by atoms with Crippen molar-refractivity contribution in [3.8, 4) is 0 Å². The van der Waals surface area contributed by atoms with Crippen molar-refractivity contribution in [2.24, 2.45) is 0 Å². The van der Waals surface area contributed by atoms with Crippen molar-refractivity contribution in [1.29, 1.82) is 0 Å². The molecule has 6 nitrogen and oxygen atoms in total. The molecule has 0 aromatic heterocycles. The molecule has 0 fully saturated rings. The molecular weight excluding hydrogens is 240 g/mol. The summed E-state index contributed by atoms with van der Waals surface area (Å²) in [4.78, 5) is 0. The molecule has 0 unspecified atom stereocenters. The van der Waals surface area contributed by atoms with E-state index < -0.39 is 6.10 Å². The molecule has 0 amide bonds. The van der Waals surface area contributed by atoms with Crippen molar-refractivity contribution < 1.29 is 30.6 Å². The van der Waals surface area contributed by atoms with E-state index >= 15 is 0 Å². The third-order valence-electron chi connectivity index (χ3n) is 0.421. The van der Waals surface area contributed by atoms with Gasteiger partial charge in [-0.1, -0.05) is 0 Å². The minimum absolute atomic E-state index is 0.167. The van der Waals surface area contributed by atoms with Gasteiger partial charge in [0, 0.05) is 18.3 Å². The number of hydrogen-bond acceptors (Lipinski definition) is 6. The molecule has 6 heteroatoms. The predicted molar refractivity (Wildman–Crippen MR) is 72.2 cm³/mol. The average Bonchev–Trinajstić information content (AvgIpc) is 2.13. The van der Waals surface area contributed by atoms with Gasteiger partial charge >= 0.3 is 0 Å². The first-order valence-electron chi connectivity index (χ1n) is 5.95. The van der Waals surface area contributed by atoms with Crippen molar-refractivity contribution in [3.05, 3.63) is 0 Å². The van der Waals surface area contributed by atoms with Crippen LogP contribution >= 0.6 is 0 Å². The molecule has 0 rings (SSSR count). The Balaban J connectivity index is -0.0000000742. The van der Waals surface area contributed by atoms with Crippen LogP contribution in [0.3, 0.4) is 0 Å². The molecule has 116 valence electrons. The maximum Gasteiger partial charge on any atom is 0.100 e. The maximum absolute atomic E-state index is 8.17. The highest BCUT2D eigenvalue weighted by molar-refractivity contribution is 4.44. The Labute approximate surface area is 111 Å². The summed E-state index contributed by atoms with van der Waals surface area (Å²) in [6.07, 6.45) is -1.45. The smallest absolute Gasteiger partial charge is 0.100 e. The Morgan fingerprint density at radius 1 is 0.556 bits per heavy atom. The van der Waals surface area contributed by atoms with Gasteiger partial charge in [0.1, 0.15) is 6.10 Å². The van der Waals surface area contributed by atoms with Gasteiger partial charge in [-0.15, -0.1) is 0 Å². The summed E-state index contributed by atoms with van der Waals surface area (Å²) in [5, 5.41) is 48.2. The van der Waals surface area contributed by atoms with Crippen LogP contribution in [-0.4, -0.2) is 68.3 Å². The minimum Gasteiger partial charge on any atom is -0.394 e. The van der Waals surface area contributed by atoms with Crippen LogP contribution in [0.25, 0.3) is 0 Å². The highest BCUT2D eigenvalue weighted by Gasteiger charge is 1.93. The van der Waals surface area contributed by atoms with E-state index in [1.54, 1.807) is 41.5 Å². The predicted octanol–water partition coefficient (Wildman–Crippen LogP) is -0.507. The van der Waals surface area contributed by atoms with Gasteiger partial charge in [-0.3, -0.25) is 0 Å². The zero-order chi connectivity index (χ0) is 15.7. The molecule has 0 aliphatic heterocycles. The lowest BCUT2D eigenvalue weighted by atomic mass is 10.4. The molecule has 0 aromatic carbocycles. The molecule has 18 heavy (non-hydrogen) atoms. The molecule has 0 saturated heterocycles. The van der Waals surface area contributed by atoms with Gasteiger partial charge in [0.2, 0.25) is 0 Å². The lowest BCUT2D eigenvalue weighted by Gasteiger charge is -1.96. The van der Waals surface area contributed by atoms with Crippen LogP contribution < -0.4 is 0 Å². The highest BCUT2D eigenvalue weighted by Crippen LogP contribution is 1.71. The van der Waals surface area contributed by atoms with E-state index in [0.717, 1.165) is 0 Å². The fourth-order valence-corrected chi connectivity index (χ4v) is 0.0577. The van der Waals surface area contributed by atoms with Gasteiger partial charge in [0.05, 0.1) is 13.2 Å². The van der Waals surface area contributed by atoms with Gasteiger partial charge in [0.15, 0.2) is 0 Å². The molecule has 0 aliphatic rings. The van der Waals surface area contributed by atoms with Crippen LogP contribution in [-0.2, 0) is 0 Å². The maximum atomic E-state index is 8.17. The summed E-state index contributed by atoms with van der Waals surface area (Å²) >= 11 is 0. The molecule has 0 aromatic rings. The number of aliphatic hydroxyl groups is 6. The summed E-state index contributed by atoms with van der Waals surface area (Å²) in [6.45, 7) is 9.60. The van der Waals surface area contributed by atoms with Crippen LogP contribution in [0.5, 0.6) is 0 Å². The summed E-state index contributed by atoms with van der Waals surface area (Å²) < 4.78 is 0.